The summed E-state index contributed by atoms with van der Waals surface area (Å²) >= 11 is 0. The predicted molar refractivity (Wildman–Crippen MR) is 67.8 cm³/mol. The van der Waals surface area contributed by atoms with Crippen LogP contribution in [-0.4, -0.2) is 42.2 Å². The highest BCUT2D eigenvalue weighted by Gasteiger charge is 2.18. The van der Waals surface area contributed by atoms with Crippen LogP contribution >= 0.6 is 0 Å². The minimum atomic E-state index is -0.652. The van der Waals surface area contributed by atoms with E-state index >= 15 is 0 Å². The van der Waals surface area contributed by atoms with E-state index in [0.29, 0.717) is 5.75 Å². The third kappa shape index (κ3) is 2.92. The van der Waals surface area contributed by atoms with Crippen LogP contribution in [0.3, 0.4) is 0 Å². The summed E-state index contributed by atoms with van der Waals surface area (Å²) in [6.07, 6.45) is 2.08. The van der Waals surface area contributed by atoms with Crippen molar-refractivity contribution in [1.82, 2.24) is 4.90 Å². The van der Waals surface area contributed by atoms with Crippen molar-refractivity contribution < 1.29 is 14.6 Å². The van der Waals surface area contributed by atoms with Crippen LogP contribution in [0.4, 0.5) is 0 Å². The van der Waals surface area contributed by atoms with Crippen LogP contribution in [-0.2, 0) is 0 Å². The van der Waals surface area contributed by atoms with Crippen molar-refractivity contribution in [1.29, 1.82) is 0 Å². The molecule has 1 aliphatic heterocycles. The van der Waals surface area contributed by atoms with Crippen LogP contribution in [0.1, 0.15) is 23.2 Å². The van der Waals surface area contributed by atoms with E-state index in [1.165, 1.54) is 12.1 Å². The molecule has 0 spiro atoms. The van der Waals surface area contributed by atoms with Crippen LogP contribution < -0.4 is 10.5 Å². The number of rotatable bonds is 3. The Labute approximate surface area is 106 Å². The van der Waals surface area contributed by atoms with E-state index in [9.17, 15) is 9.90 Å². The second kappa shape index (κ2) is 5.27. The molecule has 18 heavy (non-hydrogen) atoms. The molecule has 1 fully saturated rings. The molecule has 0 radical (unpaired) electrons. The van der Waals surface area contributed by atoms with Crippen LogP contribution in [0.5, 0.6) is 11.5 Å². The molecule has 1 heterocycles. The summed E-state index contributed by atoms with van der Waals surface area (Å²) in [6.45, 7) is 2.01. The topological polar surface area (TPSA) is 75.8 Å². The Morgan fingerprint density at radius 3 is 2.72 bits per heavy atom. The van der Waals surface area contributed by atoms with E-state index in [0.717, 1.165) is 25.9 Å². The van der Waals surface area contributed by atoms with Crippen molar-refractivity contribution in [2.24, 2.45) is 5.73 Å². The molecule has 1 aromatic rings. The third-order valence-electron chi connectivity index (χ3n) is 3.20. The van der Waals surface area contributed by atoms with Crippen LogP contribution in [0, 0.1) is 0 Å². The molecule has 0 atom stereocenters. The molecule has 5 nitrogen and oxygen atoms in total. The number of primary amides is 1. The molecule has 0 aromatic heterocycles. The summed E-state index contributed by atoms with van der Waals surface area (Å²) in [5, 5.41) is 9.48. The third-order valence-corrected chi connectivity index (χ3v) is 3.20. The van der Waals surface area contributed by atoms with E-state index in [1.807, 2.05) is 0 Å². The molecule has 3 N–H and O–H groups in total. The van der Waals surface area contributed by atoms with Gasteiger partial charge in [-0.05, 0) is 38.1 Å². The maximum absolute atomic E-state index is 11.1. The van der Waals surface area contributed by atoms with E-state index in [2.05, 4.69) is 11.9 Å². The predicted octanol–water partition coefficient (Wildman–Crippen LogP) is 0.964. The number of ether oxygens (including phenoxy) is 1. The molecular formula is C13H18N2O3. The molecular weight excluding hydrogens is 232 g/mol. The highest BCUT2D eigenvalue weighted by Crippen LogP contribution is 2.25. The zero-order chi connectivity index (χ0) is 13.1. The maximum Gasteiger partial charge on any atom is 0.252 e. The number of hydrogen-bond donors (Lipinski definition) is 2. The summed E-state index contributed by atoms with van der Waals surface area (Å²) in [5.74, 6) is -0.185. The molecule has 0 unspecified atom stereocenters. The van der Waals surface area contributed by atoms with Crippen LogP contribution in [0.25, 0.3) is 0 Å². The Morgan fingerprint density at radius 2 is 2.11 bits per heavy atom. The lowest BCUT2D eigenvalue weighted by Gasteiger charge is -2.29. The highest BCUT2D eigenvalue weighted by molar-refractivity contribution is 5.95. The lowest BCUT2D eigenvalue weighted by atomic mass is 10.1. The summed E-state index contributed by atoms with van der Waals surface area (Å²) in [7, 11) is 2.09. The minimum Gasteiger partial charge on any atom is -0.507 e. The van der Waals surface area contributed by atoms with Gasteiger partial charge in [-0.25, -0.2) is 0 Å². The van der Waals surface area contributed by atoms with Crippen molar-refractivity contribution in [2.75, 3.05) is 20.1 Å². The van der Waals surface area contributed by atoms with Crippen LogP contribution in [0.2, 0.25) is 0 Å². The van der Waals surface area contributed by atoms with Gasteiger partial charge in [0.05, 0.1) is 5.56 Å². The number of carbonyl (C=O) groups excluding carboxylic acids is 1. The number of nitrogens with zero attached hydrogens (tertiary/aromatic N) is 1. The molecule has 0 aliphatic carbocycles. The molecule has 0 saturated carbocycles. The first kappa shape index (κ1) is 12.7. The van der Waals surface area contributed by atoms with Gasteiger partial charge in [0.15, 0.2) is 0 Å². The highest BCUT2D eigenvalue weighted by atomic mass is 16.5. The Kier molecular flexibility index (Phi) is 3.72. The number of aromatic hydroxyl groups is 1. The van der Waals surface area contributed by atoms with Gasteiger partial charge in [0.2, 0.25) is 0 Å². The van der Waals surface area contributed by atoms with Gasteiger partial charge in [0.25, 0.3) is 5.91 Å². The maximum atomic E-state index is 11.1. The van der Waals surface area contributed by atoms with E-state index in [1.54, 1.807) is 6.07 Å². The number of nitrogens with two attached hydrogens (primary N) is 1. The van der Waals surface area contributed by atoms with E-state index in [4.69, 9.17) is 10.5 Å². The molecule has 98 valence electrons. The normalized spacial score (nSPS) is 17.6. The fourth-order valence-corrected chi connectivity index (χ4v) is 2.08. The number of hydrogen-bond acceptors (Lipinski definition) is 4. The molecule has 1 aliphatic rings. The number of likely N-dealkylation sites (tertiary alicyclic amines) is 1. The van der Waals surface area contributed by atoms with Gasteiger partial charge in [0, 0.05) is 13.1 Å². The van der Waals surface area contributed by atoms with Crippen molar-refractivity contribution in [3.8, 4) is 11.5 Å². The lowest BCUT2D eigenvalue weighted by Crippen LogP contribution is -2.35. The Morgan fingerprint density at radius 1 is 1.44 bits per heavy atom. The Bertz CT molecular complexity index is 440. The average molecular weight is 250 g/mol. The Balaban J connectivity index is 2.05. The second-order valence-corrected chi connectivity index (χ2v) is 4.66. The van der Waals surface area contributed by atoms with E-state index < -0.39 is 5.91 Å². The number of amides is 1. The standard InChI is InChI=1S/C13H18N2O3/c1-15-6-4-9(5-7-15)18-10-2-3-12(16)11(8-10)13(14)17/h2-3,8-9,16H,4-7H2,1H3,(H2,14,17). The first-order chi connectivity index (χ1) is 8.56. The van der Waals surface area contributed by atoms with Gasteiger partial charge in [-0.2, -0.15) is 0 Å². The zero-order valence-electron chi connectivity index (χ0n) is 10.4. The van der Waals surface area contributed by atoms with Crippen molar-refractivity contribution in [3.05, 3.63) is 23.8 Å². The molecule has 1 saturated heterocycles. The minimum absolute atomic E-state index is 0.0976. The Hall–Kier alpha value is -1.75. The molecule has 2 rings (SSSR count). The van der Waals surface area contributed by atoms with Gasteiger partial charge >= 0.3 is 0 Å². The summed E-state index contributed by atoms with van der Waals surface area (Å²) in [4.78, 5) is 13.4. The largest absolute Gasteiger partial charge is 0.507 e. The first-order valence-corrected chi connectivity index (χ1v) is 6.04. The summed E-state index contributed by atoms with van der Waals surface area (Å²) in [5.41, 5.74) is 5.27. The van der Waals surface area contributed by atoms with Gasteiger partial charge in [-0.1, -0.05) is 0 Å². The van der Waals surface area contributed by atoms with Crippen LogP contribution in [0.15, 0.2) is 18.2 Å². The summed E-state index contributed by atoms with van der Waals surface area (Å²) in [6, 6.07) is 4.58. The quantitative estimate of drug-likeness (QED) is 0.838. The number of piperidine rings is 1. The smallest absolute Gasteiger partial charge is 0.252 e. The van der Waals surface area contributed by atoms with Gasteiger partial charge < -0.3 is 20.5 Å². The van der Waals surface area contributed by atoms with Gasteiger partial charge in [-0.15, -0.1) is 0 Å². The monoisotopic (exact) mass is 250 g/mol. The molecule has 0 bridgehead atoms. The second-order valence-electron chi connectivity index (χ2n) is 4.66. The first-order valence-electron chi connectivity index (χ1n) is 6.04. The van der Waals surface area contributed by atoms with E-state index in [-0.39, 0.29) is 17.4 Å². The fraction of sp³-hybridized carbons (Fsp3) is 0.462. The SMILES string of the molecule is CN1CCC(Oc2ccc(O)c(C(N)=O)c2)CC1. The fourth-order valence-electron chi connectivity index (χ4n) is 2.08. The molecule has 1 aromatic carbocycles. The van der Waals surface area contributed by atoms with Crippen molar-refractivity contribution in [2.45, 2.75) is 18.9 Å². The average Bonchev–Trinajstić information content (AvgIpc) is 2.34. The summed E-state index contributed by atoms with van der Waals surface area (Å²) < 4.78 is 5.80. The number of carbonyl (C=O) groups is 1. The van der Waals surface area contributed by atoms with Gasteiger partial charge in [-0.3, -0.25) is 4.79 Å². The van der Waals surface area contributed by atoms with Gasteiger partial charge in [0.1, 0.15) is 17.6 Å². The molecule has 5 heteroatoms. The molecule has 1 amide bonds. The number of benzene rings is 1. The van der Waals surface area contributed by atoms with Crippen molar-refractivity contribution in [3.63, 3.8) is 0 Å². The zero-order valence-corrected chi connectivity index (χ0v) is 10.4. The lowest BCUT2D eigenvalue weighted by molar-refractivity contribution is 0.0993. The van der Waals surface area contributed by atoms with Crippen molar-refractivity contribution >= 4 is 5.91 Å². The number of phenols is 1.